The highest BCUT2D eigenvalue weighted by molar-refractivity contribution is 5.69. The highest BCUT2D eigenvalue weighted by Crippen LogP contribution is 2.42. The van der Waals surface area contributed by atoms with Crippen molar-refractivity contribution in [3.63, 3.8) is 0 Å². The normalized spacial score (nSPS) is 28.3. The number of hydrogen-bond donors (Lipinski definition) is 2. The fourth-order valence-corrected chi connectivity index (χ4v) is 4.79. The van der Waals surface area contributed by atoms with Crippen LogP contribution in [0.2, 0.25) is 0 Å². The van der Waals surface area contributed by atoms with Gasteiger partial charge in [0.1, 0.15) is 18.5 Å². The summed E-state index contributed by atoms with van der Waals surface area (Å²) < 4.78 is 43.2. The Morgan fingerprint density at radius 3 is 2.94 bits per heavy atom. The van der Waals surface area contributed by atoms with Crippen molar-refractivity contribution in [1.82, 2.24) is 0 Å². The molecule has 8 heteroatoms. The van der Waals surface area contributed by atoms with Gasteiger partial charge in [0.05, 0.1) is 18.8 Å². The maximum Gasteiger partial charge on any atom is 0.305 e. The van der Waals surface area contributed by atoms with Crippen molar-refractivity contribution in [3.8, 4) is 5.75 Å². The third-order valence-electron chi connectivity index (χ3n) is 6.50. The van der Waals surface area contributed by atoms with Crippen LogP contribution in [0.1, 0.15) is 45.4 Å². The van der Waals surface area contributed by atoms with E-state index in [9.17, 15) is 23.8 Å². The number of aliphatic hydroxyl groups is 2. The Balaban J connectivity index is 1.48. The quantitative estimate of drug-likeness (QED) is 0.402. The van der Waals surface area contributed by atoms with E-state index in [1.54, 1.807) is 13.0 Å². The SMILES string of the molecule is CCOC(=O)CCC[C@H]1CC[C@@H]2[C@@H](/C=C/[C@@H](O)COc3cc(F)ccc3F)[C@H](O)C[C@@H]2OC1. The molecule has 0 spiro atoms. The third kappa shape index (κ3) is 7.48. The predicted octanol–water partition coefficient (Wildman–Crippen LogP) is 3.79. The van der Waals surface area contributed by atoms with Crippen molar-refractivity contribution in [2.75, 3.05) is 19.8 Å². The topological polar surface area (TPSA) is 85.2 Å². The van der Waals surface area contributed by atoms with Crippen molar-refractivity contribution >= 4 is 5.97 Å². The molecule has 2 aliphatic rings. The first-order valence-electron chi connectivity index (χ1n) is 11.8. The first-order valence-corrected chi connectivity index (χ1v) is 11.8. The molecule has 3 rings (SSSR count). The molecule has 184 valence electrons. The smallest absolute Gasteiger partial charge is 0.305 e. The van der Waals surface area contributed by atoms with Crippen molar-refractivity contribution in [3.05, 3.63) is 42.0 Å². The number of fused-ring (bicyclic) bond motifs is 1. The summed E-state index contributed by atoms with van der Waals surface area (Å²) in [6.45, 7) is 2.58. The number of hydrogen-bond acceptors (Lipinski definition) is 6. The number of rotatable bonds is 10. The van der Waals surface area contributed by atoms with Gasteiger partial charge in [-0.05, 0) is 56.6 Å². The van der Waals surface area contributed by atoms with Gasteiger partial charge in [0, 0.05) is 31.4 Å². The van der Waals surface area contributed by atoms with Crippen LogP contribution in [0.3, 0.4) is 0 Å². The van der Waals surface area contributed by atoms with Gasteiger partial charge in [0.15, 0.2) is 11.6 Å². The first kappa shape index (κ1) is 25.6. The van der Waals surface area contributed by atoms with Crippen LogP contribution in [-0.4, -0.2) is 54.3 Å². The predicted molar refractivity (Wildman–Crippen MR) is 118 cm³/mol. The molecule has 1 heterocycles. The zero-order chi connectivity index (χ0) is 23.8. The van der Waals surface area contributed by atoms with Crippen LogP contribution in [0.5, 0.6) is 5.75 Å². The molecule has 1 aliphatic heterocycles. The van der Waals surface area contributed by atoms with E-state index >= 15 is 0 Å². The second kappa shape index (κ2) is 12.4. The Bertz CT molecular complexity index is 801. The van der Waals surface area contributed by atoms with Gasteiger partial charge in [0.2, 0.25) is 0 Å². The molecule has 0 unspecified atom stereocenters. The minimum atomic E-state index is -1.03. The number of aliphatic hydroxyl groups excluding tert-OH is 2. The lowest BCUT2D eigenvalue weighted by atomic mass is 9.86. The monoisotopic (exact) mass is 468 g/mol. The van der Waals surface area contributed by atoms with Crippen LogP contribution in [0.25, 0.3) is 0 Å². The molecule has 2 N–H and O–H groups in total. The molecule has 1 aromatic carbocycles. The Hall–Kier alpha value is -2.03. The van der Waals surface area contributed by atoms with Crippen molar-refractivity contribution in [1.29, 1.82) is 0 Å². The van der Waals surface area contributed by atoms with Gasteiger partial charge >= 0.3 is 5.97 Å². The molecule has 6 nitrogen and oxygen atoms in total. The summed E-state index contributed by atoms with van der Waals surface area (Å²) in [6, 6.07) is 2.90. The fraction of sp³-hybridized carbons (Fsp3) is 0.640. The Morgan fingerprint density at radius 1 is 1.33 bits per heavy atom. The maximum absolute atomic E-state index is 13.6. The lowest BCUT2D eigenvalue weighted by Crippen LogP contribution is -2.22. The Morgan fingerprint density at radius 2 is 2.15 bits per heavy atom. The summed E-state index contributed by atoms with van der Waals surface area (Å²) in [5, 5.41) is 20.7. The molecular formula is C25H34F2O6. The standard InChI is InChI=1S/C25H34F2O6/c1-2-31-25(30)5-3-4-16-6-9-20-19(22(29)13-23(20)32-14-16)10-8-18(28)15-33-24-12-17(26)7-11-21(24)27/h7-8,10-12,16,18-20,22-23,28-29H,2-6,9,13-15H2,1H3/b10-8+/t16-,18+,19+,20+,22+,23-/m0/s1. The molecular weight excluding hydrogens is 434 g/mol. The number of carbonyl (C=O) groups excluding carboxylic acids is 1. The van der Waals surface area contributed by atoms with Gasteiger partial charge in [-0.3, -0.25) is 4.79 Å². The van der Waals surface area contributed by atoms with Gasteiger partial charge in [-0.2, -0.15) is 0 Å². The second-order valence-corrected chi connectivity index (χ2v) is 8.89. The molecule has 0 amide bonds. The molecule has 1 saturated heterocycles. The first-order chi connectivity index (χ1) is 15.9. The van der Waals surface area contributed by atoms with Gasteiger partial charge in [-0.15, -0.1) is 0 Å². The molecule has 0 aromatic heterocycles. The van der Waals surface area contributed by atoms with E-state index in [0.717, 1.165) is 43.9 Å². The largest absolute Gasteiger partial charge is 0.487 e. The van der Waals surface area contributed by atoms with Crippen LogP contribution >= 0.6 is 0 Å². The summed E-state index contributed by atoms with van der Waals surface area (Å²) in [5.41, 5.74) is 0. The van der Waals surface area contributed by atoms with Gasteiger partial charge in [0.25, 0.3) is 0 Å². The minimum Gasteiger partial charge on any atom is -0.487 e. The zero-order valence-corrected chi connectivity index (χ0v) is 19.0. The maximum atomic E-state index is 13.6. The number of halogens is 2. The number of benzene rings is 1. The molecule has 33 heavy (non-hydrogen) atoms. The molecule has 0 radical (unpaired) electrons. The Kier molecular flexibility index (Phi) is 9.64. The van der Waals surface area contributed by atoms with E-state index in [1.165, 1.54) is 6.08 Å². The number of carbonyl (C=O) groups is 1. The van der Waals surface area contributed by atoms with Crippen LogP contribution in [0.15, 0.2) is 30.4 Å². The third-order valence-corrected chi connectivity index (χ3v) is 6.50. The van der Waals surface area contributed by atoms with Crippen molar-refractivity contribution < 1.29 is 38.0 Å². The summed E-state index contributed by atoms with van der Waals surface area (Å²) in [7, 11) is 0. The van der Waals surface area contributed by atoms with Gasteiger partial charge < -0.3 is 24.4 Å². The summed E-state index contributed by atoms with van der Waals surface area (Å²) >= 11 is 0. The van der Waals surface area contributed by atoms with E-state index in [4.69, 9.17) is 14.2 Å². The summed E-state index contributed by atoms with van der Waals surface area (Å²) in [4.78, 5) is 11.5. The summed E-state index contributed by atoms with van der Waals surface area (Å²) in [5.74, 6) is -1.39. The molecule has 2 fully saturated rings. The molecule has 1 aliphatic carbocycles. The molecule has 6 atom stereocenters. The average Bonchev–Trinajstić information content (AvgIpc) is 2.94. The van der Waals surface area contributed by atoms with Crippen LogP contribution in [-0.2, 0) is 14.3 Å². The van der Waals surface area contributed by atoms with E-state index in [0.29, 0.717) is 32.0 Å². The lowest BCUT2D eigenvalue weighted by molar-refractivity contribution is -0.143. The van der Waals surface area contributed by atoms with Crippen LogP contribution in [0, 0.1) is 29.4 Å². The van der Waals surface area contributed by atoms with Crippen LogP contribution in [0.4, 0.5) is 8.78 Å². The minimum absolute atomic E-state index is 0.0421. The van der Waals surface area contributed by atoms with Gasteiger partial charge in [-0.1, -0.05) is 12.2 Å². The number of ether oxygens (including phenoxy) is 3. The molecule has 1 aromatic rings. The van der Waals surface area contributed by atoms with E-state index in [1.807, 2.05) is 0 Å². The van der Waals surface area contributed by atoms with E-state index in [-0.39, 0.29) is 36.3 Å². The van der Waals surface area contributed by atoms with E-state index in [2.05, 4.69) is 0 Å². The van der Waals surface area contributed by atoms with Gasteiger partial charge in [-0.25, -0.2) is 8.78 Å². The summed E-state index contributed by atoms with van der Waals surface area (Å²) in [6.07, 6.45) is 6.15. The van der Waals surface area contributed by atoms with Crippen LogP contribution < -0.4 is 4.74 Å². The zero-order valence-electron chi connectivity index (χ0n) is 19.0. The van der Waals surface area contributed by atoms with Crippen molar-refractivity contribution in [2.24, 2.45) is 17.8 Å². The molecule has 0 bridgehead atoms. The average molecular weight is 469 g/mol. The highest BCUT2D eigenvalue weighted by atomic mass is 19.1. The Labute approximate surface area is 193 Å². The lowest BCUT2D eigenvalue weighted by Gasteiger charge is -2.21. The fourth-order valence-electron chi connectivity index (χ4n) is 4.79. The highest BCUT2D eigenvalue weighted by Gasteiger charge is 2.43. The number of esters is 1. The van der Waals surface area contributed by atoms with Crippen molar-refractivity contribution in [2.45, 2.75) is 63.8 Å². The second-order valence-electron chi connectivity index (χ2n) is 8.89. The van der Waals surface area contributed by atoms with E-state index < -0.39 is 23.8 Å². The molecule has 1 saturated carbocycles.